The first-order valence-corrected chi connectivity index (χ1v) is 13.7. The summed E-state index contributed by atoms with van der Waals surface area (Å²) < 4.78 is 10.9. The number of alkyl carbamates (subject to hydrolysis) is 1. The molecule has 3 atom stereocenters. The second kappa shape index (κ2) is 12.2. The van der Waals surface area contributed by atoms with Crippen molar-refractivity contribution in [2.24, 2.45) is 0 Å². The summed E-state index contributed by atoms with van der Waals surface area (Å²) in [4.78, 5) is 53.5. The van der Waals surface area contributed by atoms with E-state index in [-0.39, 0.29) is 12.5 Å². The maximum absolute atomic E-state index is 12.7. The number of ether oxygens (including phenoxy) is 2. The summed E-state index contributed by atoms with van der Waals surface area (Å²) >= 11 is 0. The number of benzene rings is 3. The molecule has 0 bridgehead atoms. The smallest absolute Gasteiger partial charge is 0.407 e. The number of carbonyl (C=O) groups is 4. The Kier molecular flexibility index (Phi) is 8.24. The van der Waals surface area contributed by atoms with E-state index in [9.17, 15) is 19.2 Å². The number of nitrogens with one attached hydrogen (secondary N) is 4. The quantitative estimate of drug-likeness (QED) is 0.225. The summed E-state index contributed by atoms with van der Waals surface area (Å²) in [7, 11) is 0. The first-order valence-electron chi connectivity index (χ1n) is 13.7. The highest BCUT2D eigenvalue weighted by Gasteiger charge is 2.30. The van der Waals surface area contributed by atoms with E-state index in [1.807, 2.05) is 72.8 Å². The fraction of sp³-hybridized carbons (Fsp3) is 0.250. The molecule has 1 heterocycles. The first kappa shape index (κ1) is 28.4. The predicted octanol–water partition coefficient (Wildman–Crippen LogP) is 4.01. The Morgan fingerprint density at radius 2 is 1.29 bits per heavy atom. The van der Waals surface area contributed by atoms with Gasteiger partial charge in [0.2, 0.25) is 11.8 Å². The zero-order valence-electron chi connectivity index (χ0n) is 23.5. The predicted molar refractivity (Wildman–Crippen MR) is 157 cm³/mol. The van der Waals surface area contributed by atoms with Gasteiger partial charge in [0.1, 0.15) is 24.7 Å². The monoisotopic (exact) mass is 568 g/mol. The van der Waals surface area contributed by atoms with Crippen LogP contribution in [0.5, 0.6) is 5.75 Å². The van der Waals surface area contributed by atoms with Crippen LogP contribution in [0.2, 0.25) is 0 Å². The lowest BCUT2D eigenvalue weighted by molar-refractivity contribution is -0.139. The molecule has 0 radical (unpaired) electrons. The number of fused-ring (bicyclic) bond motifs is 4. The van der Waals surface area contributed by atoms with Crippen LogP contribution in [0.1, 0.15) is 37.8 Å². The van der Waals surface area contributed by atoms with Gasteiger partial charge in [-0.2, -0.15) is 0 Å². The molecule has 0 fully saturated rings. The van der Waals surface area contributed by atoms with Gasteiger partial charge < -0.3 is 30.4 Å². The van der Waals surface area contributed by atoms with Crippen molar-refractivity contribution in [1.82, 2.24) is 20.9 Å². The molecule has 216 valence electrons. The van der Waals surface area contributed by atoms with E-state index < -0.39 is 42.0 Å². The Bertz CT molecular complexity index is 1600. The number of carbonyl (C=O) groups excluding carboxylic acids is 4. The number of hydrogen-bond acceptors (Lipinski definition) is 6. The number of aromatic nitrogens is 1. The Morgan fingerprint density at radius 1 is 0.738 bits per heavy atom. The molecule has 42 heavy (non-hydrogen) atoms. The third-order valence-electron chi connectivity index (χ3n) is 7.30. The van der Waals surface area contributed by atoms with E-state index in [0.29, 0.717) is 5.75 Å². The van der Waals surface area contributed by atoms with E-state index in [2.05, 4.69) is 20.9 Å². The molecule has 3 unspecified atom stereocenters. The van der Waals surface area contributed by atoms with Crippen molar-refractivity contribution >= 4 is 34.8 Å². The van der Waals surface area contributed by atoms with Crippen molar-refractivity contribution in [3.8, 4) is 16.9 Å². The van der Waals surface area contributed by atoms with Crippen LogP contribution in [0.15, 0.2) is 79.0 Å². The van der Waals surface area contributed by atoms with Crippen molar-refractivity contribution in [3.63, 3.8) is 0 Å². The molecule has 1 aliphatic rings. The summed E-state index contributed by atoms with van der Waals surface area (Å²) in [5.74, 6) is -1.58. The molecule has 0 aliphatic heterocycles. The van der Waals surface area contributed by atoms with Gasteiger partial charge in [-0.25, -0.2) is 9.59 Å². The van der Waals surface area contributed by atoms with Gasteiger partial charge in [-0.05, 0) is 55.2 Å². The van der Waals surface area contributed by atoms with Gasteiger partial charge in [0.25, 0.3) is 0 Å². The highest BCUT2D eigenvalue weighted by Crippen LogP contribution is 2.44. The van der Waals surface area contributed by atoms with Crippen LogP contribution < -0.4 is 20.7 Å². The number of H-pyrrole nitrogens is 1. The fourth-order valence-corrected chi connectivity index (χ4v) is 5.01. The molecule has 0 saturated heterocycles. The van der Waals surface area contributed by atoms with Crippen LogP contribution in [0, 0.1) is 0 Å². The number of amides is 3. The maximum atomic E-state index is 12.7. The van der Waals surface area contributed by atoms with E-state index in [1.54, 1.807) is 6.20 Å². The molecule has 4 N–H and O–H groups in total. The molecule has 4 aromatic rings. The molecule has 0 spiro atoms. The SMILES string of the molecule is CC(NC(=O)OCC1c2ccccc2-c2ccccc21)C(=O)NC(C)C(=O)NC(C)C(=O)Oc1c[nH]c2ccccc12. The molecular formula is C32H32N4O6. The van der Waals surface area contributed by atoms with Gasteiger partial charge in [-0.15, -0.1) is 0 Å². The van der Waals surface area contributed by atoms with Gasteiger partial charge in [-0.1, -0.05) is 60.7 Å². The Morgan fingerprint density at radius 3 is 1.95 bits per heavy atom. The molecule has 1 aromatic heterocycles. The van der Waals surface area contributed by atoms with Gasteiger partial charge in [0.05, 0.1) is 0 Å². The Balaban J connectivity index is 1.08. The summed E-state index contributed by atoms with van der Waals surface area (Å²) in [5.41, 5.74) is 5.20. The minimum Gasteiger partial charge on any atom is -0.449 e. The molecule has 0 saturated carbocycles. The number of esters is 1. The van der Waals surface area contributed by atoms with E-state index in [0.717, 1.165) is 33.2 Å². The van der Waals surface area contributed by atoms with Gasteiger partial charge in [0.15, 0.2) is 5.75 Å². The van der Waals surface area contributed by atoms with Crippen LogP contribution in [0.4, 0.5) is 4.79 Å². The van der Waals surface area contributed by atoms with Crippen LogP contribution in [-0.4, -0.2) is 53.6 Å². The lowest BCUT2D eigenvalue weighted by Crippen LogP contribution is -2.54. The molecule has 10 heteroatoms. The zero-order valence-corrected chi connectivity index (χ0v) is 23.5. The summed E-state index contributed by atoms with van der Waals surface area (Å²) in [5, 5.41) is 8.34. The number of hydrogen-bond donors (Lipinski definition) is 4. The van der Waals surface area contributed by atoms with Crippen LogP contribution >= 0.6 is 0 Å². The first-order chi connectivity index (χ1) is 20.2. The second-order valence-electron chi connectivity index (χ2n) is 10.3. The number of rotatable bonds is 9. The Labute approximate surface area is 242 Å². The Hall–Kier alpha value is -5.12. The third-order valence-corrected chi connectivity index (χ3v) is 7.30. The highest BCUT2D eigenvalue weighted by atomic mass is 16.5. The molecule has 3 aromatic carbocycles. The van der Waals surface area contributed by atoms with Crippen molar-refractivity contribution in [2.45, 2.75) is 44.8 Å². The largest absolute Gasteiger partial charge is 0.449 e. The minimum atomic E-state index is -0.979. The van der Waals surface area contributed by atoms with Crippen LogP contribution in [0.3, 0.4) is 0 Å². The zero-order chi connectivity index (χ0) is 29.8. The average molecular weight is 569 g/mol. The lowest BCUT2D eigenvalue weighted by Gasteiger charge is -2.20. The minimum absolute atomic E-state index is 0.111. The summed E-state index contributed by atoms with van der Waals surface area (Å²) in [6.07, 6.45) is 0.829. The number of aromatic amines is 1. The van der Waals surface area contributed by atoms with Gasteiger partial charge >= 0.3 is 12.1 Å². The molecule has 10 nitrogen and oxygen atoms in total. The normalized spacial score (nSPS) is 14.2. The average Bonchev–Trinajstić information content (AvgIpc) is 3.54. The second-order valence-corrected chi connectivity index (χ2v) is 10.3. The molecule has 5 rings (SSSR count). The van der Waals surface area contributed by atoms with Gasteiger partial charge in [0, 0.05) is 23.0 Å². The van der Waals surface area contributed by atoms with E-state index in [4.69, 9.17) is 9.47 Å². The standard InChI is InChI=1S/C32H32N4O6/c1-18(29(37)35-20(3)31(39)42-28-16-33-27-15-9-8-14-25(27)28)34-30(38)19(2)36-32(40)41-17-26-23-12-6-4-10-21(23)22-11-5-7-13-24(22)26/h4-16,18-20,26,33H,17H2,1-3H3,(H,34,38)(H,35,37)(H,36,40). The highest BCUT2D eigenvalue weighted by molar-refractivity contribution is 5.94. The topological polar surface area (TPSA) is 139 Å². The molecular weight excluding hydrogens is 536 g/mol. The summed E-state index contributed by atoms with van der Waals surface area (Å²) in [6, 6.07) is 20.4. The third kappa shape index (κ3) is 5.97. The van der Waals surface area contributed by atoms with Crippen molar-refractivity contribution in [2.75, 3.05) is 6.61 Å². The van der Waals surface area contributed by atoms with Crippen molar-refractivity contribution in [1.29, 1.82) is 0 Å². The summed E-state index contributed by atoms with van der Waals surface area (Å²) in [6.45, 7) is 4.57. The fourth-order valence-electron chi connectivity index (χ4n) is 5.01. The van der Waals surface area contributed by atoms with Crippen molar-refractivity contribution in [3.05, 3.63) is 90.1 Å². The van der Waals surface area contributed by atoms with Crippen LogP contribution in [-0.2, 0) is 19.1 Å². The maximum Gasteiger partial charge on any atom is 0.407 e. The van der Waals surface area contributed by atoms with Crippen molar-refractivity contribution < 1.29 is 28.7 Å². The van der Waals surface area contributed by atoms with E-state index in [1.165, 1.54) is 20.8 Å². The van der Waals surface area contributed by atoms with Gasteiger partial charge in [-0.3, -0.25) is 9.59 Å². The molecule has 3 amide bonds. The van der Waals surface area contributed by atoms with Crippen LogP contribution in [0.25, 0.3) is 22.0 Å². The van der Waals surface area contributed by atoms with E-state index >= 15 is 0 Å². The molecule has 1 aliphatic carbocycles. The number of para-hydroxylation sites is 1. The lowest BCUT2D eigenvalue weighted by atomic mass is 9.98.